The minimum absolute atomic E-state index is 0.00240. The van der Waals surface area contributed by atoms with E-state index in [1.807, 2.05) is 48.7 Å². The number of benzene rings is 2. The molecule has 0 spiro atoms. The Hall–Kier alpha value is -1.69. The fraction of sp³-hybridized carbons (Fsp3) is 0.0952. The highest BCUT2D eigenvalue weighted by Crippen LogP contribution is 2.30. The van der Waals surface area contributed by atoms with E-state index in [1.165, 1.54) is 23.9 Å². The van der Waals surface area contributed by atoms with Gasteiger partial charge in [0.25, 0.3) is 0 Å². The minimum Gasteiger partial charge on any atom is -0.288 e. The topological polar surface area (TPSA) is 17.1 Å². The summed E-state index contributed by atoms with van der Waals surface area (Å²) in [6.07, 6.45) is 1.96. The molecule has 0 saturated heterocycles. The molecule has 1 nitrogen and oxygen atoms in total. The number of hydrogen-bond acceptors (Lipinski definition) is 3. The molecule has 0 saturated carbocycles. The largest absolute Gasteiger partial charge is 0.288 e. The first-order chi connectivity index (χ1) is 12.5. The van der Waals surface area contributed by atoms with E-state index in [0.717, 1.165) is 20.5 Å². The molecular formula is C21H16BrFOS2. The molecule has 3 rings (SSSR count). The highest BCUT2D eigenvalue weighted by molar-refractivity contribution is 9.10. The van der Waals surface area contributed by atoms with Crippen LogP contribution in [0.3, 0.4) is 0 Å². The van der Waals surface area contributed by atoms with Crippen molar-refractivity contribution in [2.45, 2.75) is 12.7 Å². The number of carbonyl (C=O) groups is 1. The number of halogens is 2. The number of hydrogen-bond donors (Lipinski definition) is 0. The summed E-state index contributed by atoms with van der Waals surface area (Å²) in [6, 6.07) is 15.8. The summed E-state index contributed by atoms with van der Waals surface area (Å²) in [4.78, 5) is 14.8. The van der Waals surface area contributed by atoms with Crippen molar-refractivity contribution < 1.29 is 9.18 Å². The van der Waals surface area contributed by atoms with Crippen LogP contribution in [0.25, 0.3) is 6.08 Å². The Balaban J connectivity index is 1.87. The van der Waals surface area contributed by atoms with Gasteiger partial charge in [0.15, 0.2) is 5.78 Å². The lowest BCUT2D eigenvalue weighted by molar-refractivity contribution is 0.104. The van der Waals surface area contributed by atoms with Gasteiger partial charge >= 0.3 is 0 Å². The normalized spacial score (nSPS) is 11.6. The lowest BCUT2D eigenvalue weighted by Gasteiger charge is -2.08. The Morgan fingerprint density at radius 2 is 1.81 bits per heavy atom. The van der Waals surface area contributed by atoms with Crippen molar-refractivity contribution >= 4 is 50.9 Å². The van der Waals surface area contributed by atoms with Crippen LogP contribution >= 0.6 is 39.0 Å². The van der Waals surface area contributed by atoms with E-state index in [-0.39, 0.29) is 11.6 Å². The number of thioether (sulfide) groups is 1. The summed E-state index contributed by atoms with van der Waals surface area (Å²) in [7, 11) is 0. The Labute approximate surface area is 169 Å². The molecule has 0 radical (unpaired) electrons. The van der Waals surface area contributed by atoms with Crippen molar-refractivity contribution in [2.24, 2.45) is 0 Å². The third-order valence-corrected chi connectivity index (χ3v) is 6.39. The Bertz CT molecular complexity index is 927. The third kappa shape index (κ3) is 4.93. The van der Waals surface area contributed by atoms with Crippen LogP contribution in [0, 0.1) is 12.7 Å². The van der Waals surface area contributed by atoms with Crippen molar-refractivity contribution in [3.05, 3.63) is 96.7 Å². The molecule has 26 heavy (non-hydrogen) atoms. The van der Waals surface area contributed by atoms with E-state index in [2.05, 4.69) is 15.9 Å². The Morgan fingerprint density at radius 1 is 1.12 bits per heavy atom. The second kappa shape index (κ2) is 8.80. The molecule has 0 unspecified atom stereocenters. The fourth-order valence-electron chi connectivity index (χ4n) is 2.31. The number of rotatable bonds is 6. The average molecular weight is 447 g/mol. The van der Waals surface area contributed by atoms with Gasteiger partial charge in [0, 0.05) is 20.7 Å². The quantitative estimate of drug-likeness (QED) is 0.296. The zero-order valence-electron chi connectivity index (χ0n) is 14.0. The summed E-state index contributed by atoms with van der Waals surface area (Å²) in [5, 5.41) is 2.02. The molecule has 132 valence electrons. The molecule has 0 amide bonds. The SMILES string of the molecule is Cc1ccsc1/C=C(/SCc1ccc(F)cc1)C(=O)c1ccc(Br)cc1. The van der Waals surface area contributed by atoms with Crippen LogP contribution in [-0.2, 0) is 5.75 Å². The van der Waals surface area contributed by atoms with Crippen molar-refractivity contribution in [2.75, 3.05) is 0 Å². The second-order valence-corrected chi connectivity index (χ2v) is 8.61. The summed E-state index contributed by atoms with van der Waals surface area (Å²) < 4.78 is 14.0. The lowest BCUT2D eigenvalue weighted by atomic mass is 10.1. The standard InChI is InChI=1S/C21H16BrFOS2/c1-14-10-11-25-19(14)12-20(21(24)16-4-6-17(22)7-5-16)26-13-15-2-8-18(23)9-3-15/h2-12H,13H2,1H3/b20-12+. The molecule has 0 bridgehead atoms. The number of thiophene rings is 1. The van der Waals surface area contributed by atoms with Crippen molar-refractivity contribution in [1.29, 1.82) is 0 Å². The zero-order chi connectivity index (χ0) is 18.5. The summed E-state index contributed by atoms with van der Waals surface area (Å²) in [6.45, 7) is 2.04. The van der Waals surface area contributed by atoms with E-state index in [0.29, 0.717) is 16.2 Å². The maximum absolute atomic E-state index is 13.1. The molecule has 0 aliphatic carbocycles. The van der Waals surface area contributed by atoms with Gasteiger partial charge in [-0.1, -0.05) is 28.1 Å². The van der Waals surface area contributed by atoms with E-state index in [9.17, 15) is 9.18 Å². The van der Waals surface area contributed by atoms with Gasteiger partial charge in [-0.05, 0) is 72.0 Å². The van der Waals surface area contributed by atoms with Crippen molar-refractivity contribution in [1.82, 2.24) is 0 Å². The van der Waals surface area contributed by atoms with E-state index in [4.69, 9.17) is 0 Å². The zero-order valence-corrected chi connectivity index (χ0v) is 17.3. The molecule has 0 aliphatic heterocycles. The lowest BCUT2D eigenvalue weighted by Crippen LogP contribution is -2.01. The first kappa shape index (κ1) is 19.1. The number of allylic oxidation sites excluding steroid dienone is 1. The third-order valence-electron chi connectivity index (χ3n) is 3.80. The molecule has 5 heteroatoms. The molecule has 0 atom stereocenters. The van der Waals surface area contributed by atoms with Crippen LogP contribution in [0.1, 0.15) is 26.4 Å². The molecule has 0 N–H and O–H groups in total. The summed E-state index contributed by atoms with van der Waals surface area (Å²) in [5.74, 6) is 0.353. The molecule has 1 heterocycles. The van der Waals surface area contributed by atoms with Gasteiger partial charge in [0.1, 0.15) is 5.82 Å². The van der Waals surface area contributed by atoms with Gasteiger partial charge in [0.2, 0.25) is 0 Å². The predicted molar refractivity (Wildman–Crippen MR) is 113 cm³/mol. The Morgan fingerprint density at radius 3 is 2.42 bits per heavy atom. The molecule has 1 aromatic heterocycles. The number of Topliss-reactive ketones (excluding diaryl/α,β-unsaturated/α-hetero) is 1. The smallest absolute Gasteiger partial charge is 0.199 e. The molecular weight excluding hydrogens is 431 g/mol. The maximum atomic E-state index is 13.1. The van der Waals surface area contributed by atoms with Gasteiger partial charge in [-0.2, -0.15) is 0 Å². The number of carbonyl (C=O) groups excluding carboxylic acids is 1. The van der Waals surface area contributed by atoms with Gasteiger partial charge < -0.3 is 0 Å². The van der Waals surface area contributed by atoms with Crippen LogP contribution in [0.5, 0.6) is 0 Å². The molecule has 3 aromatic rings. The van der Waals surface area contributed by atoms with Crippen LogP contribution in [0.2, 0.25) is 0 Å². The summed E-state index contributed by atoms with van der Waals surface area (Å²) in [5.41, 5.74) is 2.78. The highest BCUT2D eigenvalue weighted by atomic mass is 79.9. The van der Waals surface area contributed by atoms with E-state index >= 15 is 0 Å². The van der Waals surface area contributed by atoms with Crippen molar-refractivity contribution in [3.8, 4) is 0 Å². The predicted octanol–water partition coefficient (Wildman–Crippen LogP) is 7.12. The fourth-order valence-corrected chi connectivity index (χ4v) is 4.47. The first-order valence-corrected chi connectivity index (χ1v) is 10.6. The number of ketones is 1. The van der Waals surface area contributed by atoms with E-state index < -0.39 is 0 Å². The average Bonchev–Trinajstić information content (AvgIpc) is 3.05. The van der Waals surface area contributed by atoms with Crippen LogP contribution in [0.15, 0.2) is 69.4 Å². The van der Waals surface area contributed by atoms with Gasteiger partial charge in [-0.25, -0.2) is 4.39 Å². The molecule has 0 fully saturated rings. The highest BCUT2D eigenvalue weighted by Gasteiger charge is 2.14. The van der Waals surface area contributed by atoms with Crippen molar-refractivity contribution in [3.63, 3.8) is 0 Å². The molecule has 0 aliphatic rings. The monoisotopic (exact) mass is 446 g/mol. The maximum Gasteiger partial charge on any atom is 0.199 e. The molecule has 2 aromatic carbocycles. The summed E-state index contributed by atoms with van der Waals surface area (Å²) >= 11 is 6.49. The Kier molecular flexibility index (Phi) is 6.46. The van der Waals surface area contributed by atoms with Crippen LogP contribution < -0.4 is 0 Å². The second-order valence-electron chi connectivity index (χ2n) is 5.73. The van der Waals surface area contributed by atoms with Crippen LogP contribution in [0.4, 0.5) is 4.39 Å². The van der Waals surface area contributed by atoms with Gasteiger partial charge in [0.05, 0.1) is 4.91 Å². The minimum atomic E-state index is -0.255. The van der Waals surface area contributed by atoms with Gasteiger partial charge in [-0.15, -0.1) is 23.1 Å². The van der Waals surface area contributed by atoms with E-state index in [1.54, 1.807) is 23.5 Å². The number of aryl methyl sites for hydroxylation is 1. The first-order valence-electron chi connectivity index (χ1n) is 7.96. The van der Waals surface area contributed by atoms with Crippen LogP contribution in [-0.4, -0.2) is 5.78 Å². The van der Waals surface area contributed by atoms with Gasteiger partial charge in [-0.3, -0.25) is 4.79 Å².